The van der Waals surface area contributed by atoms with Gasteiger partial charge in [0.15, 0.2) is 12.5 Å². The predicted octanol–water partition coefficient (Wildman–Crippen LogP) is -5.31. The first kappa shape index (κ1) is 36.0. The molecule has 0 aliphatic carbocycles. The fourth-order valence-electron chi connectivity index (χ4n) is 5.90. The van der Waals surface area contributed by atoms with Gasteiger partial charge in [-0.25, -0.2) is 4.79 Å². The molecule has 10 N–H and O–H groups in total. The zero-order valence-electron chi connectivity index (χ0n) is 25.3. The Balaban J connectivity index is 1.39. The zero-order chi connectivity index (χ0) is 33.7. The van der Waals surface area contributed by atoms with Crippen LogP contribution in [0.15, 0.2) is 17.1 Å². The van der Waals surface area contributed by atoms with Gasteiger partial charge in [-0.15, -0.1) is 0 Å². The van der Waals surface area contributed by atoms with Gasteiger partial charge in [0.25, 0.3) is 0 Å². The number of aromatic nitrogens is 2. The quantitative estimate of drug-likeness (QED) is 0.101. The lowest BCUT2D eigenvalue weighted by atomic mass is 9.88. The van der Waals surface area contributed by atoms with Gasteiger partial charge in [0, 0.05) is 32.4 Å². The summed E-state index contributed by atoms with van der Waals surface area (Å²) in [7, 11) is 0. The summed E-state index contributed by atoms with van der Waals surface area (Å²) in [5.74, 6) is -1.91. The van der Waals surface area contributed by atoms with Crippen molar-refractivity contribution in [1.29, 1.82) is 0 Å². The zero-order valence-corrected chi connectivity index (χ0v) is 25.3. The lowest BCUT2D eigenvalue weighted by Gasteiger charge is -2.45. The van der Waals surface area contributed by atoms with E-state index in [0.717, 1.165) is 4.57 Å². The highest BCUT2D eigenvalue weighted by Gasteiger charge is 2.48. The van der Waals surface area contributed by atoms with Gasteiger partial charge >= 0.3 is 5.69 Å². The first-order valence-corrected chi connectivity index (χ1v) is 14.8. The fourth-order valence-corrected chi connectivity index (χ4v) is 5.90. The summed E-state index contributed by atoms with van der Waals surface area (Å²) in [6.07, 6.45) is -10.2. The van der Waals surface area contributed by atoms with E-state index >= 15 is 0 Å². The van der Waals surface area contributed by atoms with Gasteiger partial charge in [0.2, 0.25) is 11.8 Å². The molecular formula is C27H43N5O14. The Bertz CT molecular complexity index is 1240. The molecule has 13 atom stereocenters. The number of hydrogen-bond donors (Lipinski definition) is 9. The molecule has 19 heteroatoms. The average molecular weight is 662 g/mol. The maximum Gasteiger partial charge on any atom is 0.351 e. The normalized spacial score (nSPS) is 38.0. The number of nitrogens with two attached hydrogens (primary N) is 1. The maximum atomic E-state index is 12.2. The summed E-state index contributed by atoms with van der Waals surface area (Å²) in [6, 6.07) is -0.824. The molecule has 0 bridgehead atoms. The van der Waals surface area contributed by atoms with E-state index in [9.17, 15) is 45.0 Å². The van der Waals surface area contributed by atoms with E-state index in [1.807, 2.05) is 0 Å². The molecule has 3 fully saturated rings. The minimum Gasteiger partial charge on any atom is -0.394 e. The van der Waals surface area contributed by atoms with E-state index in [1.165, 1.54) is 26.1 Å². The fraction of sp³-hybridized carbons (Fsp3) is 0.778. The van der Waals surface area contributed by atoms with Crippen molar-refractivity contribution < 1.29 is 63.9 Å². The number of hydrogen-bond acceptors (Lipinski definition) is 16. The highest BCUT2D eigenvalue weighted by Crippen LogP contribution is 2.31. The van der Waals surface area contributed by atoms with Crippen LogP contribution in [0.5, 0.6) is 0 Å². The molecule has 3 aliphatic rings. The standard InChI is InChI=1S/C27H43N5O14/c1-11(35)29-20-18(45-17(7-34)23(39)24(20)40)10-42-9-14-16(6-33)46-26(21(22(14)38)30-12(2)36)43-8-13-5-15(37)25(44-13)32-4-3-19(28)31-27(32)41/h3-4,13-18,20-26,33-34,37-40H,5-10H2,1-2H3,(H,29,35)(H,30,36)(H2,28,31,41). The number of amides is 2. The third-order valence-corrected chi connectivity index (χ3v) is 8.16. The lowest BCUT2D eigenvalue weighted by molar-refractivity contribution is -0.270. The number of aliphatic hydroxyl groups is 6. The van der Waals surface area contributed by atoms with E-state index in [1.54, 1.807) is 0 Å². The van der Waals surface area contributed by atoms with Crippen molar-refractivity contribution in [1.82, 2.24) is 20.2 Å². The summed E-state index contributed by atoms with van der Waals surface area (Å²) >= 11 is 0. The molecule has 13 unspecified atom stereocenters. The first-order chi connectivity index (χ1) is 21.8. The third kappa shape index (κ3) is 8.36. The van der Waals surface area contributed by atoms with Crippen LogP contribution in [-0.4, -0.2) is 152 Å². The highest BCUT2D eigenvalue weighted by molar-refractivity contribution is 5.73. The molecule has 2 amide bonds. The van der Waals surface area contributed by atoms with Gasteiger partial charge < -0.3 is 70.7 Å². The molecule has 1 aromatic heterocycles. The van der Waals surface area contributed by atoms with Crippen molar-refractivity contribution in [2.24, 2.45) is 5.92 Å². The number of rotatable bonds is 12. The van der Waals surface area contributed by atoms with Gasteiger partial charge in [-0.3, -0.25) is 14.2 Å². The van der Waals surface area contributed by atoms with Gasteiger partial charge in [-0.05, 0) is 6.07 Å². The number of anilines is 1. The van der Waals surface area contributed by atoms with Crippen LogP contribution in [0.2, 0.25) is 0 Å². The minimum atomic E-state index is -1.47. The molecule has 0 radical (unpaired) electrons. The summed E-state index contributed by atoms with van der Waals surface area (Å²) < 4.78 is 30.1. The third-order valence-electron chi connectivity index (χ3n) is 8.16. The Morgan fingerprint density at radius 1 is 0.935 bits per heavy atom. The van der Waals surface area contributed by atoms with E-state index in [2.05, 4.69) is 15.6 Å². The summed E-state index contributed by atoms with van der Waals surface area (Å²) in [5, 5.41) is 67.3. The monoisotopic (exact) mass is 661 g/mol. The second-order valence-corrected chi connectivity index (χ2v) is 11.6. The Labute approximate surface area is 263 Å². The summed E-state index contributed by atoms with van der Waals surface area (Å²) in [5.41, 5.74) is 4.82. The molecular weight excluding hydrogens is 618 g/mol. The number of ether oxygens (including phenoxy) is 5. The van der Waals surface area contributed by atoms with Crippen molar-refractivity contribution in [3.8, 4) is 0 Å². The van der Waals surface area contributed by atoms with Crippen LogP contribution in [0, 0.1) is 5.92 Å². The summed E-state index contributed by atoms with van der Waals surface area (Å²) in [6.45, 7) is 0.590. The van der Waals surface area contributed by atoms with Gasteiger partial charge in [-0.2, -0.15) is 4.98 Å². The molecule has 46 heavy (non-hydrogen) atoms. The summed E-state index contributed by atoms with van der Waals surface area (Å²) in [4.78, 5) is 39.6. The Hall–Kier alpha value is -2.82. The Morgan fingerprint density at radius 3 is 2.24 bits per heavy atom. The predicted molar refractivity (Wildman–Crippen MR) is 152 cm³/mol. The van der Waals surface area contributed by atoms with Crippen molar-refractivity contribution in [2.75, 3.05) is 38.8 Å². The Morgan fingerprint density at radius 2 is 1.61 bits per heavy atom. The number of nitrogen functional groups attached to an aromatic ring is 1. The van der Waals surface area contributed by atoms with Crippen LogP contribution in [-0.2, 0) is 33.3 Å². The molecule has 19 nitrogen and oxygen atoms in total. The topological polar surface area (TPSA) is 287 Å². The van der Waals surface area contributed by atoms with E-state index in [-0.39, 0.29) is 32.1 Å². The van der Waals surface area contributed by atoms with Crippen molar-refractivity contribution >= 4 is 17.6 Å². The van der Waals surface area contributed by atoms with Crippen molar-refractivity contribution in [3.05, 3.63) is 22.7 Å². The molecule has 0 spiro atoms. The van der Waals surface area contributed by atoms with Crippen molar-refractivity contribution in [3.63, 3.8) is 0 Å². The molecule has 0 saturated carbocycles. The number of carbonyl (C=O) groups excluding carboxylic acids is 2. The van der Waals surface area contributed by atoms with Gasteiger partial charge in [0.05, 0.1) is 57.4 Å². The van der Waals surface area contributed by atoms with Crippen LogP contribution in [0.1, 0.15) is 26.5 Å². The smallest absolute Gasteiger partial charge is 0.351 e. The number of nitrogens with one attached hydrogen (secondary N) is 2. The first-order valence-electron chi connectivity index (χ1n) is 14.8. The minimum absolute atomic E-state index is 0.0123. The molecule has 3 saturated heterocycles. The molecule has 3 aliphatic heterocycles. The molecule has 260 valence electrons. The Kier molecular flexibility index (Phi) is 12.4. The van der Waals surface area contributed by atoms with E-state index in [0.29, 0.717) is 0 Å². The van der Waals surface area contributed by atoms with E-state index < -0.39 is 110 Å². The highest BCUT2D eigenvalue weighted by atomic mass is 16.7. The number of carbonyl (C=O) groups is 2. The maximum absolute atomic E-state index is 12.2. The van der Waals surface area contributed by atoms with Gasteiger partial charge in [-0.1, -0.05) is 0 Å². The second-order valence-electron chi connectivity index (χ2n) is 11.6. The molecule has 4 rings (SSSR count). The van der Waals surface area contributed by atoms with E-state index in [4.69, 9.17) is 29.4 Å². The molecule has 1 aromatic rings. The van der Waals surface area contributed by atoms with Crippen LogP contribution >= 0.6 is 0 Å². The van der Waals surface area contributed by atoms with Crippen LogP contribution in [0.4, 0.5) is 5.82 Å². The molecule has 0 aromatic carbocycles. The van der Waals surface area contributed by atoms with Crippen LogP contribution in [0.3, 0.4) is 0 Å². The average Bonchev–Trinajstić information content (AvgIpc) is 3.37. The van der Waals surface area contributed by atoms with Crippen LogP contribution < -0.4 is 22.1 Å². The number of aliphatic hydroxyl groups excluding tert-OH is 6. The second kappa shape index (κ2) is 15.8. The number of nitrogens with zero attached hydrogens (tertiary/aromatic N) is 2. The largest absolute Gasteiger partial charge is 0.394 e. The SMILES string of the molecule is CC(=O)NC1C(COCC2C(CO)OC(OCC3CC(O)C(n4ccc(N)nc4=O)O3)C(NC(C)=O)C2O)OC(CO)C(O)C1O. The molecule has 4 heterocycles. The van der Waals surface area contributed by atoms with Crippen molar-refractivity contribution in [2.45, 2.75) is 93.7 Å². The van der Waals surface area contributed by atoms with Crippen LogP contribution in [0.25, 0.3) is 0 Å². The lowest BCUT2D eigenvalue weighted by Crippen LogP contribution is -2.65. The van der Waals surface area contributed by atoms with Gasteiger partial charge in [0.1, 0.15) is 42.4 Å².